The largest absolute Gasteiger partial charge is 0.481 e. The van der Waals surface area contributed by atoms with Gasteiger partial charge in [0.2, 0.25) is 0 Å². The van der Waals surface area contributed by atoms with Crippen LogP contribution in [0.4, 0.5) is 5.69 Å². The first kappa shape index (κ1) is 18.2. The normalized spacial score (nSPS) is 11.3. The Kier molecular flexibility index (Phi) is 6.11. The molecule has 0 fully saturated rings. The molecule has 3 N–H and O–H groups in total. The van der Waals surface area contributed by atoms with Crippen LogP contribution < -0.4 is 5.73 Å². The van der Waals surface area contributed by atoms with Gasteiger partial charge in [-0.1, -0.05) is 28.1 Å². The number of aliphatic imine (C=N–C) groups is 1. The molecule has 0 heterocycles. The van der Waals surface area contributed by atoms with Gasteiger partial charge in [-0.25, -0.2) is 4.99 Å². The summed E-state index contributed by atoms with van der Waals surface area (Å²) < 4.78 is 0.850. The maximum Gasteiger partial charge on any atom is 0.307 e. The van der Waals surface area contributed by atoms with E-state index in [4.69, 9.17) is 22.4 Å². The van der Waals surface area contributed by atoms with E-state index in [2.05, 4.69) is 20.9 Å². The first-order valence-corrected chi connectivity index (χ1v) is 8.28. The Morgan fingerprint density at radius 2 is 1.83 bits per heavy atom. The summed E-state index contributed by atoms with van der Waals surface area (Å²) in [5.74, 6) is -1.20. The molecular weight excluding hydrogens is 396 g/mol. The Balaban J connectivity index is 2.57. The summed E-state index contributed by atoms with van der Waals surface area (Å²) >= 11 is 8.98. The Hall–Kier alpha value is -2.18. The second kappa shape index (κ2) is 8.08. The molecular formula is C17H14BrClN2O3. The fourth-order valence-corrected chi connectivity index (χ4v) is 2.47. The second-order valence-corrected chi connectivity index (χ2v) is 6.14. The van der Waals surface area contributed by atoms with Gasteiger partial charge in [-0.05, 0) is 35.9 Å². The summed E-state index contributed by atoms with van der Waals surface area (Å²) in [6, 6.07) is 11.7. The SMILES string of the molecule is NC(CCl)=Nc1c(CC(=O)O)cccc1C(=O)c1ccc(Br)cc1. The number of amidine groups is 1. The predicted molar refractivity (Wildman–Crippen MR) is 97.4 cm³/mol. The molecule has 24 heavy (non-hydrogen) atoms. The molecule has 0 saturated carbocycles. The van der Waals surface area contributed by atoms with Crippen LogP contribution in [0.2, 0.25) is 0 Å². The summed E-state index contributed by atoms with van der Waals surface area (Å²) in [4.78, 5) is 28.0. The summed E-state index contributed by atoms with van der Waals surface area (Å²) in [6.45, 7) is 0. The number of nitrogens with two attached hydrogens (primary N) is 1. The maximum absolute atomic E-state index is 12.8. The quantitative estimate of drug-likeness (QED) is 0.330. The highest BCUT2D eigenvalue weighted by molar-refractivity contribution is 9.10. The van der Waals surface area contributed by atoms with E-state index in [1.54, 1.807) is 42.5 Å². The van der Waals surface area contributed by atoms with Crippen molar-refractivity contribution in [2.75, 3.05) is 5.88 Å². The minimum Gasteiger partial charge on any atom is -0.481 e. The third-order valence-electron chi connectivity index (χ3n) is 3.20. The van der Waals surface area contributed by atoms with Crippen molar-refractivity contribution in [3.63, 3.8) is 0 Å². The standard InChI is InChI=1S/C17H14BrClN2O3/c18-12-6-4-10(5-7-12)17(24)13-3-1-2-11(8-15(22)23)16(13)21-14(20)9-19/h1-7H,8-9H2,(H2,20,21)(H,22,23). The van der Waals surface area contributed by atoms with Crippen LogP contribution in [0, 0.1) is 0 Å². The molecule has 0 saturated heterocycles. The number of nitrogens with zero attached hydrogens (tertiary/aromatic N) is 1. The minimum atomic E-state index is -1.02. The van der Waals surface area contributed by atoms with Gasteiger partial charge in [0.05, 0.1) is 18.0 Å². The number of alkyl halides is 1. The molecule has 2 aromatic carbocycles. The number of carbonyl (C=O) groups is 2. The Morgan fingerprint density at radius 1 is 1.17 bits per heavy atom. The van der Waals surface area contributed by atoms with Gasteiger partial charge in [-0.2, -0.15) is 0 Å². The second-order valence-electron chi connectivity index (χ2n) is 4.96. The average molecular weight is 410 g/mol. The minimum absolute atomic E-state index is 0.0205. The smallest absolute Gasteiger partial charge is 0.307 e. The van der Waals surface area contributed by atoms with E-state index in [1.807, 2.05) is 0 Å². The zero-order valence-corrected chi connectivity index (χ0v) is 14.8. The third-order valence-corrected chi connectivity index (χ3v) is 4.01. The predicted octanol–water partition coefficient (Wildman–Crippen LogP) is 3.53. The molecule has 0 unspecified atom stereocenters. The fraction of sp³-hybridized carbons (Fsp3) is 0.118. The van der Waals surface area contributed by atoms with Crippen molar-refractivity contribution in [1.29, 1.82) is 0 Å². The molecule has 0 aromatic heterocycles. The van der Waals surface area contributed by atoms with Crippen LogP contribution in [-0.2, 0) is 11.2 Å². The van der Waals surface area contributed by atoms with Crippen molar-refractivity contribution < 1.29 is 14.7 Å². The maximum atomic E-state index is 12.8. The number of benzene rings is 2. The highest BCUT2D eigenvalue weighted by Crippen LogP contribution is 2.28. The number of hydrogen-bond acceptors (Lipinski definition) is 3. The van der Waals surface area contributed by atoms with E-state index in [0.29, 0.717) is 11.1 Å². The van der Waals surface area contributed by atoms with E-state index in [-0.39, 0.29) is 35.2 Å². The zero-order chi connectivity index (χ0) is 17.7. The van der Waals surface area contributed by atoms with Crippen LogP contribution in [0.5, 0.6) is 0 Å². The molecule has 0 aliphatic heterocycles. The first-order valence-electron chi connectivity index (χ1n) is 6.95. The van der Waals surface area contributed by atoms with E-state index >= 15 is 0 Å². The summed E-state index contributed by atoms with van der Waals surface area (Å²) in [5.41, 5.74) is 7.07. The number of rotatable bonds is 6. The number of carboxylic acid groups (broad SMARTS) is 1. The fourth-order valence-electron chi connectivity index (χ4n) is 2.14. The van der Waals surface area contributed by atoms with Crippen LogP contribution in [0.1, 0.15) is 21.5 Å². The van der Waals surface area contributed by atoms with Gasteiger partial charge in [0, 0.05) is 15.6 Å². The molecule has 7 heteroatoms. The zero-order valence-electron chi connectivity index (χ0n) is 12.5. The van der Waals surface area contributed by atoms with E-state index in [1.165, 1.54) is 0 Å². The molecule has 2 aromatic rings. The molecule has 2 rings (SSSR count). The highest BCUT2D eigenvalue weighted by atomic mass is 79.9. The summed E-state index contributed by atoms with van der Waals surface area (Å²) in [5, 5.41) is 9.06. The Bertz CT molecular complexity index is 804. The summed E-state index contributed by atoms with van der Waals surface area (Å²) in [6.07, 6.45) is -0.268. The average Bonchev–Trinajstić information content (AvgIpc) is 2.55. The third kappa shape index (κ3) is 4.43. The van der Waals surface area contributed by atoms with E-state index in [9.17, 15) is 9.59 Å². The van der Waals surface area contributed by atoms with Crippen molar-refractivity contribution >= 4 is 50.8 Å². The molecule has 0 bridgehead atoms. The van der Waals surface area contributed by atoms with E-state index in [0.717, 1.165) is 4.47 Å². The van der Waals surface area contributed by atoms with Crippen LogP contribution in [0.25, 0.3) is 0 Å². The molecule has 5 nitrogen and oxygen atoms in total. The van der Waals surface area contributed by atoms with Crippen molar-refractivity contribution in [2.24, 2.45) is 10.7 Å². The lowest BCUT2D eigenvalue weighted by Gasteiger charge is -2.10. The van der Waals surface area contributed by atoms with Gasteiger partial charge in [-0.3, -0.25) is 9.59 Å². The monoisotopic (exact) mass is 408 g/mol. The highest BCUT2D eigenvalue weighted by Gasteiger charge is 2.18. The van der Waals surface area contributed by atoms with Crippen molar-refractivity contribution in [2.45, 2.75) is 6.42 Å². The molecule has 0 aliphatic rings. The van der Waals surface area contributed by atoms with Crippen LogP contribution >= 0.6 is 27.5 Å². The number of aliphatic carboxylic acids is 1. The van der Waals surface area contributed by atoms with Gasteiger partial charge in [0.25, 0.3) is 0 Å². The topological polar surface area (TPSA) is 92.8 Å². The first-order chi connectivity index (χ1) is 11.4. The summed E-state index contributed by atoms with van der Waals surface area (Å²) in [7, 11) is 0. The molecule has 0 spiro atoms. The van der Waals surface area contributed by atoms with Gasteiger partial charge in [0.15, 0.2) is 5.78 Å². The van der Waals surface area contributed by atoms with Gasteiger partial charge in [0.1, 0.15) is 5.84 Å². The van der Waals surface area contributed by atoms with Gasteiger partial charge in [-0.15, -0.1) is 11.6 Å². The molecule has 0 amide bonds. The van der Waals surface area contributed by atoms with E-state index < -0.39 is 5.97 Å². The van der Waals surface area contributed by atoms with Crippen LogP contribution in [0.3, 0.4) is 0 Å². The molecule has 124 valence electrons. The number of halogens is 2. The molecule has 0 radical (unpaired) electrons. The number of para-hydroxylation sites is 1. The molecule has 0 atom stereocenters. The van der Waals surface area contributed by atoms with Crippen LogP contribution in [-0.4, -0.2) is 28.6 Å². The number of ketones is 1. The number of carbonyl (C=O) groups excluding carboxylic acids is 1. The van der Waals surface area contributed by atoms with Crippen LogP contribution in [0.15, 0.2) is 51.9 Å². The van der Waals surface area contributed by atoms with Gasteiger partial charge >= 0.3 is 5.97 Å². The van der Waals surface area contributed by atoms with Crippen molar-refractivity contribution in [1.82, 2.24) is 0 Å². The Labute approximate surface area is 152 Å². The number of hydrogen-bond donors (Lipinski definition) is 2. The Morgan fingerprint density at radius 3 is 2.42 bits per heavy atom. The lowest BCUT2D eigenvalue weighted by atomic mass is 9.97. The number of carboxylic acids is 1. The van der Waals surface area contributed by atoms with Crippen molar-refractivity contribution in [3.05, 3.63) is 63.6 Å². The molecule has 0 aliphatic carbocycles. The van der Waals surface area contributed by atoms with Gasteiger partial charge < -0.3 is 10.8 Å². The van der Waals surface area contributed by atoms with Crippen molar-refractivity contribution in [3.8, 4) is 0 Å². The lowest BCUT2D eigenvalue weighted by Crippen LogP contribution is -2.14. The lowest BCUT2D eigenvalue weighted by molar-refractivity contribution is -0.136.